The number of pyridine rings is 1. The average Bonchev–Trinajstić information content (AvgIpc) is 2.74. The lowest BCUT2D eigenvalue weighted by Crippen LogP contribution is -2.33. The van der Waals surface area contributed by atoms with Gasteiger partial charge in [0.05, 0.1) is 4.60 Å². The molecule has 2 aromatic heterocycles. The molecule has 1 saturated heterocycles. The third-order valence-corrected chi connectivity index (χ3v) is 4.26. The number of nitrogens with zero attached hydrogens (tertiary/aromatic N) is 4. The molecule has 0 saturated carbocycles. The van der Waals surface area contributed by atoms with Crippen molar-refractivity contribution in [2.24, 2.45) is 5.92 Å². The van der Waals surface area contributed by atoms with Crippen LogP contribution < -0.4 is 0 Å². The van der Waals surface area contributed by atoms with Crippen LogP contribution in [0.5, 0.6) is 0 Å². The van der Waals surface area contributed by atoms with Crippen molar-refractivity contribution in [3.63, 3.8) is 0 Å². The monoisotopic (exact) mass is 308 g/mol. The van der Waals surface area contributed by atoms with Crippen LogP contribution >= 0.6 is 15.9 Å². The number of piperidine rings is 1. The van der Waals surface area contributed by atoms with E-state index in [9.17, 15) is 0 Å². The van der Waals surface area contributed by atoms with Gasteiger partial charge in [-0.2, -0.15) is 0 Å². The van der Waals surface area contributed by atoms with E-state index in [-0.39, 0.29) is 0 Å². The summed E-state index contributed by atoms with van der Waals surface area (Å²) >= 11 is 3.58. The Morgan fingerprint density at radius 3 is 3.11 bits per heavy atom. The first-order chi connectivity index (χ1) is 8.74. The predicted molar refractivity (Wildman–Crippen MR) is 74.6 cm³/mol. The molecule has 0 amide bonds. The fourth-order valence-electron chi connectivity index (χ4n) is 2.79. The van der Waals surface area contributed by atoms with E-state index in [0.717, 1.165) is 22.5 Å². The molecule has 18 heavy (non-hydrogen) atoms. The van der Waals surface area contributed by atoms with Gasteiger partial charge in [0.25, 0.3) is 0 Å². The van der Waals surface area contributed by atoms with Crippen molar-refractivity contribution in [3.8, 4) is 0 Å². The molecule has 2 aromatic rings. The zero-order chi connectivity index (χ0) is 12.5. The average molecular weight is 309 g/mol. The first-order valence-corrected chi connectivity index (χ1v) is 7.20. The van der Waals surface area contributed by atoms with Gasteiger partial charge < -0.3 is 4.90 Å². The van der Waals surface area contributed by atoms with E-state index >= 15 is 0 Å². The second-order valence-corrected chi connectivity index (χ2v) is 5.95. The summed E-state index contributed by atoms with van der Waals surface area (Å²) < 4.78 is 3.14. The smallest absolute Gasteiger partial charge is 0.161 e. The predicted octanol–water partition coefficient (Wildman–Crippen LogP) is 2.38. The highest BCUT2D eigenvalue weighted by Crippen LogP contribution is 2.21. The van der Waals surface area contributed by atoms with Crippen molar-refractivity contribution in [2.45, 2.75) is 19.3 Å². The molecule has 3 heterocycles. The number of rotatable bonds is 2. The summed E-state index contributed by atoms with van der Waals surface area (Å²) in [6, 6.07) is 6.02. The maximum atomic E-state index is 4.34. The first-order valence-electron chi connectivity index (χ1n) is 6.41. The Balaban J connectivity index is 1.86. The minimum atomic E-state index is 0.697. The Morgan fingerprint density at radius 2 is 2.28 bits per heavy atom. The van der Waals surface area contributed by atoms with Crippen LogP contribution in [0.2, 0.25) is 0 Å². The van der Waals surface area contributed by atoms with Crippen molar-refractivity contribution in [1.82, 2.24) is 19.5 Å². The van der Waals surface area contributed by atoms with Crippen LogP contribution in [0.15, 0.2) is 22.8 Å². The van der Waals surface area contributed by atoms with E-state index in [1.54, 1.807) is 0 Å². The van der Waals surface area contributed by atoms with Gasteiger partial charge in [-0.3, -0.25) is 4.40 Å². The molecule has 1 atom stereocenters. The van der Waals surface area contributed by atoms with Crippen LogP contribution in [0.3, 0.4) is 0 Å². The van der Waals surface area contributed by atoms with E-state index < -0.39 is 0 Å². The Bertz CT molecular complexity index is 551. The molecule has 1 aliphatic heterocycles. The van der Waals surface area contributed by atoms with Gasteiger partial charge in [0.15, 0.2) is 5.65 Å². The molecule has 0 spiro atoms. The Kier molecular flexibility index (Phi) is 3.35. The summed E-state index contributed by atoms with van der Waals surface area (Å²) in [5.74, 6) is 1.76. The molecule has 5 heteroatoms. The number of fused-ring (bicyclic) bond motifs is 1. The molecule has 0 N–H and O–H groups in total. The number of aromatic nitrogens is 3. The van der Waals surface area contributed by atoms with E-state index in [1.165, 1.54) is 25.9 Å². The van der Waals surface area contributed by atoms with Gasteiger partial charge in [-0.1, -0.05) is 6.07 Å². The Labute approximate surface area is 115 Å². The molecular weight excluding hydrogens is 292 g/mol. The number of hydrogen-bond acceptors (Lipinski definition) is 3. The normalized spacial score (nSPS) is 21.6. The van der Waals surface area contributed by atoms with Crippen molar-refractivity contribution in [1.29, 1.82) is 0 Å². The summed E-state index contributed by atoms with van der Waals surface area (Å²) in [5, 5.41) is 8.57. The maximum absolute atomic E-state index is 4.34. The molecular formula is C13H17BrN4. The van der Waals surface area contributed by atoms with E-state index in [2.05, 4.69) is 42.5 Å². The Hall–Kier alpha value is -0.940. The van der Waals surface area contributed by atoms with E-state index in [0.29, 0.717) is 5.92 Å². The van der Waals surface area contributed by atoms with Crippen molar-refractivity contribution in [3.05, 3.63) is 28.6 Å². The van der Waals surface area contributed by atoms with Crippen LogP contribution in [-0.2, 0) is 6.42 Å². The lowest BCUT2D eigenvalue weighted by atomic mass is 9.95. The second-order valence-electron chi connectivity index (χ2n) is 5.13. The molecule has 0 radical (unpaired) electrons. The fourth-order valence-corrected chi connectivity index (χ4v) is 3.33. The minimum absolute atomic E-state index is 0.697. The number of likely N-dealkylation sites (tertiary alicyclic amines) is 1. The van der Waals surface area contributed by atoms with Crippen molar-refractivity contribution >= 4 is 21.6 Å². The van der Waals surface area contributed by atoms with Gasteiger partial charge in [0, 0.05) is 13.0 Å². The standard InChI is InChI=1S/C13H17BrN4/c1-17-7-3-4-10(9-17)8-13-16-15-12-6-2-5-11(14)18(12)13/h2,5-6,10H,3-4,7-9H2,1H3. The number of hydrogen-bond donors (Lipinski definition) is 0. The highest BCUT2D eigenvalue weighted by Gasteiger charge is 2.20. The summed E-state index contributed by atoms with van der Waals surface area (Å²) in [7, 11) is 2.20. The van der Waals surface area contributed by atoms with Crippen LogP contribution in [-0.4, -0.2) is 39.6 Å². The summed E-state index contributed by atoms with van der Waals surface area (Å²) in [6.45, 7) is 2.39. The molecule has 96 valence electrons. The van der Waals surface area contributed by atoms with Crippen LogP contribution in [0.25, 0.3) is 5.65 Å². The maximum Gasteiger partial charge on any atom is 0.161 e. The molecule has 3 rings (SSSR count). The molecule has 0 aliphatic carbocycles. The van der Waals surface area contributed by atoms with E-state index in [1.807, 2.05) is 18.2 Å². The fraction of sp³-hybridized carbons (Fsp3) is 0.538. The van der Waals surface area contributed by atoms with Gasteiger partial charge >= 0.3 is 0 Å². The highest BCUT2D eigenvalue weighted by molar-refractivity contribution is 9.10. The molecule has 0 bridgehead atoms. The van der Waals surface area contributed by atoms with Gasteiger partial charge in [-0.15, -0.1) is 10.2 Å². The largest absolute Gasteiger partial charge is 0.306 e. The zero-order valence-corrected chi connectivity index (χ0v) is 12.1. The number of halogens is 1. The summed E-state index contributed by atoms with van der Waals surface area (Å²) in [5.41, 5.74) is 0.920. The van der Waals surface area contributed by atoms with Gasteiger partial charge in [0.2, 0.25) is 0 Å². The van der Waals surface area contributed by atoms with Crippen molar-refractivity contribution in [2.75, 3.05) is 20.1 Å². The Morgan fingerprint density at radius 1 is 1.39 bits per heavy atom. The quantitative estimate of drug-likeness (QED) is 0.799. The molecule has 0 aromatic carbocycles. The SMILES string of the molecule is CN1CCCC(Cc2nnc3cccc(Br)n23)C1. The van der Waals surface area contributed by atoms with Crippen LogP contribution in [0.1, 0.15) is 18.7 Å². The zero-order valence-electron chi connectivity index (χ0n) is 10.5. The van der Waals surface area contributed by atoms with Gasteiger partial charge in [-0.05, 0) is 60.4 Å². The molecule has 1 aliphatic rings. The van der Waals surface area contributed by atoms with Gasteiger partial charge in [-0.25, -0.2) is 0 Å². The molecule has 4 nitrogen and oxygen atoms in total. The summed E-state index contributed by atoms with van der Waals surface area (Å²) in [6.07, 6.45) is 3.59. The van der Waals surface area contributed by atoms with Crippen molar-refractivity contribution < 1.29 is 0 Å². The molecule has 1 unspecified atom stereocenters. The first kappa shape index (κ1) is 12.1. The highest BCUT2D eigenvalue weighted by atomic mass is 79.9. The third kappa shape index (κ3) is 2.29. The second kappa shape index (κ2) is 4.97. The van der Waals surface area contributed by atoms with Crippen LogP contribution in [0.4, 0.5) is 0 Å². The van der Waals surface area contributed by atoms with Gasteiger partial charge in [0.1, 0.15) is 5.82 Å². The minimum Gasteiger partial charge on any atom is -0.306 e. The topological polar surface area (TPSA) is 33.4 Å². The van der Waals surface area contributed by atoms with E-state index in [4.69, 9.17) is 0 Å². The summed E-state index contributed by atoms with van der Waals surface area (Å²) in [4.78, 5) is 2.41. The molecule has 1 fully saturated rings. The van der Waals surface area contributed by atoms with Crippen LogP contribution in [0, 0.1) is 5.92 Å². The third-order valence-electron chi connectivity index (χ3n) is 3.64. The lowest BCUT2D eigenvalue weighted by molar-refractivity contribution is 0.207. The lowest BCUT2D eigenvalue weighted by Gasteiger charge is -2.29.